The molecule has 154 valence electrons. The van der Waals surface area contributed by atoms with Crippen molar-refractivity contribution in [3.8, 4) is 0 Å². The van der Waals surface area contributed by atoms with Crippen LogP contribution >= 0.6 is 0 Å². The van der Waals surface area contributed by atoms with E-state index in [2.05, 4.69) is 10.0 Å². The summed E-state index contributed by atoms with van der Waals surface area (Å²) in [5.74, 6) is -0.302. The van der Waals surface area contributed by atoms with Gasteiger partial charge in [-0.3, -0.25) is 14.3 Å². The molecule has 1 heterocycles. The number of benzene rings is 2. The molecule has 1 aliphatic rings. The highest BCUT2D eigenvalue weighted by atomic mass is 32.2. The summed E-state index contributed by atoms with van der Waals surface area (Å²) in [6.07, 6.45) is 1.31. The quantitative estimate of drug-likeness (QED) is 0.758. The van der Waals surface area contributed by atoms with Crippen molar-refractivity contribution in [1.29, 1.82) is 0 Å². The van der Waals surface area contributed by atoms with Crippen LogP contribution < -0.4 is 14.9 Å². The van der Waals surface area contributed by atoms with E-state index in [0.29, 0.717) is 18.5 Å². The zero-order chi connectivity index (χ0) is 21.2. The third kappa shape index (κ3) is 4.59. The Morgan fingerprint density at radius 2 is 1.86 bits per heavy atom. The molecule has 0 aromatic heterocycles. The van der Waals surface area contributed by atoms with Crippen LogP contribution in [0.1, 0.15) is 42.6 Å². The van der Waals surface area contributed by atoms with Gasteiger partial charge in [0, 0.05) is 24.7 Å². The lowest BCUT2D eigenvalue weighted by Crippen LogP contribution is -2.31. The first-order valence-corrected chi connectivity index (χ1v) is 11.0. The summed E-state index contributed by atoms with van der Waals surface area (Å²) in [6, 6.07) is 11.1. The molecule has 2 N–H and O–H groups in total. The monoisotopic (exact) mass is 415 g/mol. The van der Waals surface area contributed by atoms with Crippen LogP contribution in [-0.4, -0.2) is 32.8 Å². The van der Waals surface area contributed by atoms with Gasteiger partial charge in [-0.2, -0.15) is 0 Å². The second-order valence-corrected chi connectivity index (χ2v) is 9.06. The van der Waals surface area contributed by atoms with E-state index in [0.717, 1.165) is 12.1 Å². The Morgan fingerprint density at radius 1 is 1.14 bits per heavy atom. The van der Waals surface area contributed by atoms with Gasteiger partial charge in [-0.1, -0.05) is 12.1 Å². The average Bonchev–Trinajstić information content (AvgIpc) is 3.07. The molecule has 3 rings (SSSR count). The predicted molar refractivity (Wildman–Crippen MR) is 113 cm³/mol. The number of para-hydroxylation sites is 1. The Hall–Kier alpha value is -2.87. The maximum atomic E-state index is 12.9. The molecule has 2 amide bonds. The minimum atomic E-state index is -3.91. The lowest BCUT2D eigenvalue weighted by atomic mass is 10.1. The molecule has 1 fully saturated rings. The Kier molecular flexibility index (Phi) is 5.93. The maximum Gasteiger partial charge on any atom is 0.261 e. The largest absolute Gasteiger partial charge is 0.350 e. The van der Waals surface area contributed by atoms with Crippen LogP contribution in [0.5, 0.6) is 0 Å². The second-order valence-electron chi connectivity index (χ2n) is 7.38. The number of rotatable bonds is 6. The molecule has 0 spiro atoms. The molecule has 0 radical (unpaired) electrons. The van der Waals surface area contributed by atoms with Gasteiger partial charge < -0.3 is 10.2 Å². The molecular formula is C21H25N3O4S. The van der Waals surface area contributed by atoms with Crippen molar-refractivity contribution < 1.29 is 18.0 Å². The molecule has 7 nitrogen and oxygen atoms in total. The Balaban J connectivity index is 1.88. The van der Waals surface area contributed by atoms with Crippen molar-refractivity contribution in [1.82, 2.24) is 5.32 Å². The van der Waals surface area contributed by atoms with Gasteiger partial charge in [0.15, 0.2) is 0 Å². The lowest BCUT2D eigenvalue weighted by Gasteiger charge is -2.19. The summed E-state index contributed by atoms with van der Waals surface area (Å²) in [4.78, 5) is 26.1. The number of carbonyl (C=O) groups excluding carboxylic acids is 2. The highest BCUT2D eigenvalue weighted by Gasteiger charge is 2.25. The summed E-state index contributed by atoms with van der Waals surface area (Å²) in [5.41, 5.74) is 1.89. The molecular weight excluding hydrogens is 390 g/mol. The molecule has 0 saturated carbocycles. The fourth-order valence-corrected chi connectivity index (χ4v) is 4.48. The van der Waals surface area contributed by atoms with Crippen LogP contribution in [0.25, 0.3) is 0 Å². The number of carbonyl (C=O) groups is 2. The molecule has 0 atom stereocenters. The third-order valence-corrected chi connectivity index (χ3v) is 6.04. The van der Waals surface area contributed by atoms with Gasteiger partial charge in [-0.05, 0) is 63.1 Å². The fraction of sp³-hybridized carbons (Fsp3) is 0.333. The topological polar surface area (TPSA) is 95.6 Å². The summed E-state index contributed by atoms with van der Waals surface area (Å²) in [5, 5.41) is 2.77. The van der Waals surface area contributed by atoms with E-state index in [1.165, 1.54) is 6.07 Å². The van der Waals surface area contributed by atoms with Crippen molar-refractivity contribution in [3.63, 3.8) is 0 Å². The van der Waals surface area contributed by atoms with Gasteiger partial charge in [-0.25, -0.2) is 8.42 Å². The first-order chi connectivity index (χ1) is 13.7. The van der Waals surface area contributed by atoms with Gasteiger partial charge in [0.2, 0.25) is 5.91 Å². The summed E-state index contributed by atoms with van der Waals surface area (Å²) in [6.45, 7) is 6.09. The molecule has 29 heavy (non-hydrogen) atoms. The second kappa shape index (κ2) is 8.24. The van der Waals surface area contributed by atoms with Crippen molar-refractivity contribution in [3.05, 3.63) is 53.6 Å². The van der Waals surface area contributed by atoms with Gasteiger partial charge in [0.1, 0.15) is 0 Å². The van der Waals surface area contributed by atoms with Gasteiger partial charge in [0.05, 0.1) is 16.1 Å². The normalized spacial score (nSPS) is 14.3. The highest BCUT2D eigenvalue weighted by molar-refractivity contribution is 7.92. The van der Waals surface area contributed by atoms with E-state index < -0.39 is 10.0 Å². The summed E-state index contributed by atoms with van der Waals surface area (Å²) < 4.78 is 28.4. The van der Waals surface area contributed by atoms with E-state index in [1.54, 1.807) is 48.2 Å². The van der Waals surface area contributed by atoms with Gasteiger partial charge in [-0.15, -0.1) is 0 Å². The summed E-state index contributed by atoms with van der Waals surface area (Å²) >= 11 is 0. The smallest absolute Gasteiger partial charge is 0.261 e. The van der Waals surface area contributed by atoms with E-state index >= 15 is 0 Å². The van der Waals surface area contributed by atoms with E-state index in [1.807, 2.05) is 13.8 Å². The van der Waals surface area contributed by atoms with Crippen LogP contribution in [-0.2, 0) is 14.8 Å². The highest BCUT2D eigenvalue weighted by Crippen LogP contribution is 2.28. The van der Waals surface area contributed by atoms with Crippen molar-refractivity contribution in [2.45, 2.75) is 44.6 Å². The van der Waals surface area contributed by atoms with E-state index in [4.69, 9.17) is 0 Å². The molecule has 2 aromatic carbocycles. The molecule has 2 aromatic rings. The number of aryl methyl sites for hydroxylation is 1. The first-order valence-electron chi connectivity index (χ1n) is 9.53. The zero-order valence-electron chi connectivity index (χ0n) is 16.7. The molecule has 1 aliphatic heterocycles. The number of sulfonamides is 1. The third-order valence-electron chi connectivity index (χ3n) is 4.68. The lowest BCUT2D eigenvalue weighted by molar-refractivity contribution is -0.117. The molecule has 1 saturated heterocycles. The molecule has 0 bridgehead atoms. The molecule has 0 unspecified atom stereocenters. The number of anilines is 2. The minimum absolute atomic E-state index is 0.0481. The first kappa shape index (κ1) is 20.9. The number of amides is 2. The van der Waals surface area contributed by atoms with Crippen LogP contribution in [0.2, 0.25) is 0 Å². The van der Waals surface area contributed by atoms with Crippen molar-refractivity contribution in [2.75, 3.05) is 16.2 Å². The SMILES string of the molecule is Cc1cc(S(=O)(=O)Nc2ccccc2C(=O)NC(C)C)ccc1N1CCCC1=O. The molecule has 8 heteroatoms. The molecule has 0 aliphatic carbocycles. The Morgan fingerprint density at radius 3 is 2.48 bits per heavy atom. The number of hydrogen-bond acceptors (Lipinski definition) is 4. The van der Waals surface area contributed by atoms with Crippen LogP contribution in [0, 0.1) is 6.92 Å². The fourth-order valence-electron chi connectivity index (χ4n) is 3.31. The van der Waals surface area contributed by atoms with Crippen LogP contribution in [0.3, 0.4) is 0 Å². The number of nitrogens with zero attached hydrogens (tertiary/aromatic N) is 1. The van der Waals surface area contributed by atoms with Crippen LogP contribution in [0.4, 0.5) is 11.4 Å². The van der Waals surface area contributed by atoms with Crippen molar-refractivity contribution in [2.24, 2.45) is 0 Å². The van der Waals surface area contributed by atoms with Gasteiger partial charge in [0.25, 0.3) is 15.9 Å². The van der Waals surface area contributed by atoms with E-state index in [-0.39, 0.29) is 34.0 Å². The average molecular weight is 416 g/mol. The standard InChI is InChI=1S/C21H25N3O4S/c1-14(2)22-21(26)17-7-4-5-8-18(17)23-29(27,28)16-10-11-19(15(3)13-16)24-12-6-9-20(24)25/h4-5,7-8,10-11,13-14,23H,6,9,12H2,1-3H3,(H,22,26). The van der Waals surface area contributed by atoms with Gasteiger partial charge >= 0.3 is 0 Å². The zero-order valence-corrected chi connectivity index (χ0v) is 17.5. The minimum Gasteiger partial charge on any atom is -0.350 e. The summed E-state index contributed by atoms with van der Waals surface area (Å²) in [7, 11) is -3.91. The van der Waals surface area contributed by atoms with Crippen molar-refractivity contribution >= 4 is 33.2 Å². The van der Waals surface area contributed by atoms with Crippen LogP contribution in [0.15, 0.2) is 47.4 Å². The number of hydrogen-bond donors (Lipinski definition) is 2. The Labute approximate surface area is 171 Å². The van der Waals surface area contributed by atoms with E-state index in [9.17, 15) is 18.0 Å². The maximum absolute atomic E-state index is 12.9. The predicted octanol–water partition coefficient (Wildman–Crippen LogP) is 3.06. The number of nitrogens with one attached hydrogen (secondary N) is 2. The Bertz CT molecular complexity index is 1050.